The van der Waals surface area contributed by atoms with Crippen LogP contribution in [0.1, 0.15) is 26.2 Å². The Balaban J connectivity index is 1.99. The summed E-state index contributed by atoms with van der Waals surface area (Å²) in [6.07, 6.45) is 2.30. The van der Waals surface area contributed by atoms with Gasteiger partial charge in [-0.3, -0.25) is 4.79 Å². The van der Waals surface area contributed by atoms with E-state index >= 15 is 0 Å². The molecule has 3 nitrogen and oxygen atoms in total. The highest BCUT2D eigenvalue weighted by molar-refractivity contribution is 5.85. The molecule has 1 heterocycles. The minimum Gasteiger partial charge on any atom is -0.350 e. The second-order valence-electron chi connectivity index (χ2n) is 4.03. The molecule has 1 N–H and O–H groups in total. The molecule has 2 aliphatic rings. The SMILES string of the molecule is CC1(C#N)CC2(CC(=O)N2)C1. The van der Waals surface area contributed by atoms with Gasteiger partial charge in [0, 0.05) is 6.42 Å². The highest BCUT2D eigenvalue weighted by atomic mass is 16.2. The maximum atomic E-state index is 10.6. The van der Waals surface area contributed by atoms with E-state index in [0.717, 1.165) is 12.8 Å². The van der Waals surface area contributed by atoms with E-state index in [0.29, 0.717) is 6.42 Å². The van der Waals surface area contributed by atoms with Crippen LogP contribution in [0.3, 0.4) is 0 Å². The summed E-state index contributed by atoms with van der Waals surface area (Å²) in [4.78, 5) is 10.6. The van der Waals surface area contributed by atoms with Crippen molar-refractivity contribution in [3.05, 3.63) is 0 Å². The number of β-lactam (4-membered cyclic amide) rings is 1. The third-order valence-corrected chi connectivity index (χ3v) is 2.63. The van der Waals surface area contributed by atoms with Crippen LogP contribution in [-0.2, 0) is 4.79 Å². The summed E-state index contributed by atoms with van der Waals surface area (Å²) in [6.45, 7) is 1.95. The van der Waals surface area contributed by atoms with Crippen LogP contribution in [0.15, 0.2) is 0 Å². The van der Waals surface area contributed by atoms with Crippen molar-refractivity contribution in [3.8, 4) is 6.07 Å². The standard InChI is InChI=1S/C8H10N2O/c1-7(5-9)3-8(4-7)2-6(11)10-8/h2-4H2,1H3,(H,10,11). The normalized spacial score (nSPS) is 47.1. The lowest BCUT2D eigenvalue weighted by atomic mass is 9.55. The van der Waals surface area contributed by atoms with Gasteiger partial charge in [-0.05, 0) is 19.8 Å². The first-order valence-electron chi connectivity index (χ1n) is 3.80. The van der Waals surface area contributed by atoms with Gasteiger partial charge in [0.15, 0.2) is 0 Å². The van der Waals surface area contributed by atoms with Gasteiger partial charge in [-0.25, -0.2) is 0 Å². The van der Waals surface area contributed by atoms with Crippen molar-refractivity contribution in [2.24, 2.45) is 5.41 Å². The van der Waals surface area contributed by atoms with E-state index in [9.17, 15) is 4.79 Å². The third kappa shape index (κ3) is 0.756. The van der Waals surface area contributed by atoms with Crippen molar-refractivity contribution < 1.29 is 4.79 Å². The molecule has 1 spiro atoms. The molecular weight excluding hydrogens is 140 g/mol. The van der Waals surface area contributed by atoms with E-state index in [1.165, 1.54) is 0 Å². The monoisotopic (exact) mass is 150 g/mol. The topological polar surface area (TPSA) is 52.9 Å². The lowest BCUT2D eigenvalue weighted by Gasteiger charge is -2.56. The van der Waals surface area contributed by atoms with Gasteiger partial charge in [-0.1, -0.05) is 0 Å². The minimum atomic E-state index is -0.173. The molecule has 1 saturated heterocycles. The summed E-state index contributed by atoms with van der Waals surface area (Å²) in [6, 6.07) is 2.26. The van der Waals surface area contributed by atoms with Gasteiger partial charge in [0.1, 0.15) is 0 Å². The highest BCUT2D eigenvalue weighted by Crippen LogP contribution is 2.52. The van der Waals surface area contributed by atoms with Crippen molar-refractivity contribution in [1.82, 2.24) is 5.32 Å². The quantitative estimate of drug-likeness (QED) is 0.513. The lowest BCUT2D eigenvalue weighted by molar-refractivity contribution is -0.141. The van der Waals surface area contributed by atoms with E-state index < -0.39 is 0 Å². The first-order chi connectivity index (χ1) is 5.08. The Labute approximate surface area is 65.4 Å². The summed E-state index contributed by atoms with van der Waals surface area (Å²) >= 11 is 0. The van der Waals surface area contributed by atoms with Crippen molar-refractivity contribution >= 4 is 5.91 Å². The molecule has 3 heteroatoms. The van der Waals surface area contributed by atoms with E-state index in [1.54, 1.807) is 0 Å². The molecule has 1 saturated carbocycles. The van der Waals surface area contributed by atoms with Crippen LogP contribution in [0.5, 0.6) is 0 Å². The van der Waals surface area contributed by atoms with Crippen LogP contribution in [0.2, 0.25) is 0 Å². The van der Waals surface area contributed by atoms with Gasteiger partial charge in [0.05, 0.1) is 17.0 Å². The van der Waals surface area contributed by atoms with Crippen molar-refractivity contribution in [3.63, 3.8) is 0 Å². The van der Waals surface area contributed by atoms with E-state index in [-0.39, 0.29) is 16.9 Å². The molecule has 58 valence electrons. The minimum absolute atomic E-state index is 0.0293. The lowest BCUT2D eigenvalue weighted by Crippen LogP contribution is -2.69. The Morgan fingerprint density at radius 1 is 1.64 bits per heavy atom. The number of hydrogen-bond donors (Lipinski definition) is 1. The third-order valence-electron chi connectivity index (χ3n) is 2.63. The number of hydrogen-bond acceptors (Lipinski definition) is 2. The number of amides is 1. The van der Waals surface area contributed by atoms with Gasteiger partial charge in [-0.15, -0.1) is 0 Å². The Kier molecular flexibility index (Phi) is 0.956. The van der Waals surface area contributed by atoms with E-state index in [2.05, 4.69) is 11.4 Å². The fourth-order valence-electron chi connectivity index (χ4n) is 2.32. The summed E-state index contributed by atoms with van der Waals surface area (Å²) in [5.74, 6) is 0.130. The zero-order chi connectivity index (χ0) is 8.11. The first-order valence-corrected chi connectivity index (χ1v) is 3.80. The largest absolute Gasteiger partial charge is 0.350 e. The Morgan fingerprint density at radius 3 is 2.55 bits per heavy atom. The average molecular weight is 150 g/mol. The molecule has 0 radical (unpaired) electrons. The van der Waals surface area contributed by atoms with Crippen molar-refractivity contribution in [2.75, 3.05) is 0 Å². The van der Waals surface area contributed by atoms with Crippen molar-refractivity contribution in [1.29, 1.82) is 5.26 Å². The van der Waals surface area contributed by atoms with E-state index in [1.807, 2.05) is 6.92 Å². The fourth-order valence-corrected chi connectivity index (χ4v) is 2.32. The van der Waals surface area contributed by atoms with Crippen LogP contribution >= 0.6 is 0 Å². The summed E-state index contributed by atoms with van der Waals surface area (Å²) in [5, 5.41) is 11.6. The molecule has 2 rings (SSSR count). The van der Waals surface area contributed by atoms with Gasteiger partial charge in [0.2, 0.25) is 5.91 Å². The molecule has 1 aliphatic carbocycles. The van der Waals surface area contributed by atoms with Crippen LogP contribution in [0.4, 0.5) is 0 Å². The molecule has 0 bridgehead atoms. The molecular formula is C8H10N2O. The summed E-state index contributed by atoms with van der Waals surface area (Å²) < 4.78 is 0. The summed E-state index contributed by atoms with van der Waals surface area (Å²) in [5.41, 5.74) is -0.144. The number of nitrogens with zero attached hydrogens (tertiary/aromatic N) is 1. The van der Waals surface area contributed by atoms with Crippen LogP contribution in [0, 0.1) is 16.7 Å². The predicted octanol–water partition coefficient (Wildman–Crippen LogP) is 0.569. The van der Waals surface area contributed by atoms with Crippen molar-refractivity contribution in [2.45, 2.75) is 31.7 Å². The number of carbonyl (C=O) groups is 1. The maximum absolute atomic E-state index is 10.6. The summed E-state index contributed by atoms with van der Waals surface area (Å²) in [7, 11) is 0. The van der Waals surface area contributed by atoms with Crippen LogP contribution in [0.25, 0.3) is 0 Å². The van der Waals surface area contributed by atoms with E-state index in [4.69, 9.17) is 5.26 Å². The first kappa shape index (κ1) is 6.66. The van der Waals surface area contributed by atoms with Crippen LogP contribution < -0.4 is 5.32 Å². The van der Waals surface area contributed by atoms with Gasteiger partial charge >= 0.3 is 0 Å². The molecule has 1 amide bonds. The molecule has 0 aromatic rings. The second-order valence-corrected chi connectivity index (χ2v) is 4.03. The number of carbonyl (C=O) groups excluding carboxylic acids is 1. The molecule has 1 aliphatic heterocycles. The zero-order valence-corrected chi connectivity index (χ0v) is 6.48. The van der Waals surface area contributed by atoms with Gasteiger partial charge in [0.25, 0.3) is 0 Å². The fraction of sp³-hybridized carbons (Fsp3) is 0.750. The number of rotatable bonds is 0. The highest BCUT2D eigenvalue weighted by Gasteiger charge is 2.58. The molecule has 11 heavy (non-hydrogen) atoms. The molecule has 0 atom stereocenters. The Bertz CT molecular complexity index is 248. The number of nitrogens with one attached hydrogen (secondary N) is 1. The predicted molar refractivity (Wildman–Crippen MR) is 38.4 cm³/mol. The Morgan fingerprint density at radius 2 is 2.18 bits per heavy atom. The average Bonchev–Trinajstić information content (AvgIpc) is 1.81. The Hall–Kier alpha value is -1.04. The maximum Gasteiger partial charge on any atom is 0.222 e. The van der Waals surface area contributed by atoms with Gasteiger partial charge in [-0.2, -0.15) is 5.26 Å². The molecule has 0 unspecified atom stereocenters. The smallest absolute Gasteiger partial charge is 0.222 e. The molecule has 0 aromatic carbocycles. The van der Waals surface area contributed by atoms with Gasteiger partial charge < -0.3 is 5.32 Å². The molecule has 2 fully saturated rings. The molecule has 0 aromatic heterocycles. The number of nitriles is 1. The second kappa shape index (κ2) is 1.58. The zero-order valence-electron chi connectivity index (χ0n) is 6.48. The van der Waals surface area contributed by atoms with Crippen LogP contribution in [-0.4, -0.2) is 11.4 Å².